The van der Waals surface area contributed by atoms with Gasteiger partial charge >= 0.3 is 0 Å². The zero-order valence-corrected chi connectivity index (χ0v) is 17.2. The zero-order chi connectivity index (χ0) is 20.2. The van der Waals surface area contributed by atoms with Gasteiger partial charge in [-0.25, -0.2) is 0 Å². The van der Waals surface area contributed by atoms with Crippen LogP contribution in [0.3, 0.4) is 0 Å². The first-order valence-corrected chi connectivity index (χ1v) is 10.7. The second-order valence-corrected chi connectivity index (χ2v) is 8.20. The number of hydrogen-bond donors (Lipinski definition) is 1. The minimum Gasteiger partial charge on any atom is -0.341 e. The van der Waals surface area contributed by atoms with Crippen molar-refractivity contribution < 1.29 is 9.59 Å². The van der Waals surface area contributed by atoms with Crippen LogP contribution >= 0.6 is 11.6 Å². The Morgan fingerprint density at radius 2 is 1.69 bits per heavy atom. The van der Waals surface area contributed by atoms with Crippen LogP contribution in [0.2, 0.25) is 5.02 Å². The molecule has 2 aromatic rings. The van der Waals surface area contributed by atoms with Crippen LogP contribution in [0, 0.1) is 0 Å². The standard InChI is InChI=1S/C23H26ClN3O2/c24-18-8-10-19(11-9-18)25-21(28)16-27-15-12-17-6-2-3-7-20(17)22(27)23(29)26-13-4-1-5-14-26/h2-3,6-11,22H,1,4-5,12-16H2,(H,25,28)/t22-/m1/s1. The first-order chi connectivity index (χ1) is 14.1. The lowest BCUT2D eigenvalue weighted by Gasteiger charge is -2.39. The monoisotopic (exact) mass is 411 g/mol. The number of fused-ring (bicyclic) bond motifs is 1. The Morgan fingerprint density at radius 3 is 2.45 bits per heavy atom. The van der Waals surface area contributed by atoms with Crippen molar-refractivity contribution in [1.29, 1.82) is 0 Å². The Kier molecular flexibility index (Phi) is 6.16. The van der Waals surface area contributed by atoms with Gasteiger partial charge in [-0.05, 0) is 61.1 Å². The molecule has 6 heteroatoms. The minimum atomic E-state index is -0.394. The molecular formula is C23H26ClN3O2. The number of amides is 2. The molecule has 0 radical (unpaired) electrons. The minimum absolute atomic E-state index is 0.121. The number of halogens is 1. The number of hydrogen-bond acceptors (Lipinski definition) is 3. The van der Waals surface area contributed by atoms with E-state index < -0.39 is 6.04 Å². The summed E-state index contributed by atoms with van der Waals surface area (Å²) in [4.78, 5) is 30.1. The Hall–Kier alpha value is -2.37. The number of likely N-dealkylation sites (tertiary alicyclic amines) is 1. The summed E-state index contributed by atoms with van der Waals surface area (Å²) in [7, 11) is 0. The Balaban J connectivity index is 1.53. The number of nitrogens with one attached hydrogen (secondary N) is 1. The molecule has 2 aliphatic heterocycles. The second-order valence-electron chi connectivity index (χ2n) is 7.76. The van der Waals surface area contributed by atoms with Crippen molar-refractivity contribution in [2.24, 2.45) is 0 Å². The fourth-order valence-electron chi connectivity index (χ4n) is 4.28. The highest BCUT2D eigenvalue weighted by Crippen LogP contribution is 2.32. The molecule has 0 saturated carbocycles. The molecule has 2 amide bonds. The van der Waals surface area contributed by atoms with E-state index in [4.69, 9.17) is 11.6 Å². The van der Waals surface area contributed by atoms with E-state index in [2.05, 4.69) is 11.4 Å². The molecule has 1 fully saturated rings. The van der Waals surface area contributed by atoms with Crippen LogP contribution in [0.1, 0.15) is 36.4 Å². The van der Waals surface area contributed by atoms with E-state index in [-0.39, 0.29) is 18.4 Å². The number of carbonyl (C=O) groups excluding carboxylic acids is 2. The average molecular weight is 412 g/mol. The maximum Gasteiger partial charge on any atom is 0.244 e. The molecule has 0 aliphatic carbocycles. The number of carbonyl (C=O) groups is 2. The van der Waals surface area contributed by atoms with Crippen LogP contribution in [-0.4, -0.2) is 47.8 Å². The van der Waals surface area contributed by atoms with Gasteiger partial charge < -0.3 is 10.2 Å². The highest BCUT2D eigenvalue weighted by atomic mass is 35.5. The molecule has 5 nitrogen and oxygen atoms in total. The van der Waals surface area contributed by atoms with Gasteiger partial charge in [0.2, 0.25) is 11.8 Å². The van der Waals surface area contributed by atoms with E-state index in [0.717, 1.165) is 37.9 Å². The quantitative estimate of drug-likeness (QED) is 0.830. The van der Waals surface area contributed by atoms with Gasteiger partial charge in [0.05, 0.1) is 6.54 Å². The lowest BCUT2D eigenvalue weighted by Crippen LogP contribution is -2.49. The summed E-state index contributed by atoms with van der Waals surface area (Å²) in [5, 5.41) is 3.54. The molecule has 4 rings (SSSR count). The second kappa shape index (κ2) is 8.97. The number of rotatable bonds is 4. The highest BCUT2D eigenvalue weighted by molar-refractivity contribution is 6.30. The van der Waals surface area contributed by atoms with Gasteiger partial charge in [-0.15, -0.1) is 0 Å². The van der Waals surface area contributed by atoms with Gasteiger partial charge in [0.25, 0.3) is 0 Å². The van der Waals surface area contributed by atoms with Crippen molar-refractivity contribution in [3.05, 3.63) is 64.7 Å². The molecule has 0 unspecified atom stereocenters. The molecule has 1 atom stereocenters. The summed E-state index contributed by atoms with van der Waals surface area (Å²) < 4.78 is 0. The summed E-state index contributed by atoms with van der Waals surface area (Å²) in [6.07, 6.45) is 4.13. The van der Waals surface area contributed by atoms with Gasteiger partial charge in [-0.3, -0.25) is 14.5 Å². The van der Waals surface area contributed by atoms with E-state index in [1.807, 2.05) is 28.0 Å². The van der Waals surface area contributed by atoms with Crippen LogP contribution in [0.15, 0.2) is 48.5 Å². The third kappa shape index (κ3) is 4.62. The average Bonchev–Trinajstić information content (AvgIpc) is 2.75. The normalized spacial score (nSPS) is 19.5. The molecule has 0 aromatic heterocycles. The molecule has 2 aliphatic rings. The maximum atomic E-state index is 13.4. The number of nitrogens with zero attached hydrogens (tertiary/aromatic N) is 2. The Morgan fingerprint density at radius 1 is 0.966 bits per heavy atom. The predicted molar refractivity (Wildman–Crippen MR) is 115 cm³/mol. The van der Waals surface area contributed by atoms with Crippen molar-refractivity contribution in [2.45, 2.75) is 31.7 Å². The zero-order valence-electron chi connectivity index (χ0n) is 16.4. The molecule has 29 heavy (non-hydrogen) atoms. The summed E-state index contributed by atoms with van der Waals surface area (Å²) in [6, 6.07) is 14.8. The predicted octanol–water partition coefficient (Wildman–Crippen LogP) is 3.89. The summed E-state index contributed by atoms with van der Waals surface area (Å²) >= 11 is 5.92. The third-order valence-electron chi connectivity index (χ3n) is 5.76. The molecule has 152 valence electrons. The number of piperidine rings is 1. The highest BCUT2D eigenvalue weighted by Gasteiger charge is 2.36. The largest absolute Gasteiger partial charge is 0.341 e. The lowest BCUT2D eigenvalue weighted by atomic mass is 9.91. The van der Waals surface area contributed by atoms with E-state index in [1.165, 1.54) is 12.0 Å². The first kappa shape index (κ1) is 19.9. The molecule has 1 saturated heterocycles. The fourth-order valence-corrected chi connectivity index (χ4v) is 4.41. The van der Waals surface area contributed by atoms with Crippen molar-refractivity contribution in [3.63, 3.8) is 0 Å². The van der Waals surface area contributed by atoms with Crippen LogP contribution in [0.4, 0.5) is 5.69 Å². The van der Waals surface area contributed by atoms with Gasteiger partial charge in [0.1, 0.15) is 6.04 Å². The molecule has 0 spiro atoms. The summed E-state index contributed by atoms with van der Waals surface area (Å²) in [5.41, 5.74) is 2.95. The van der Waals surface area contributed by atoms with Crippen molar-refractivity contribution in [1.82, 2.24) is 9.80 Å². The van der Waals surface area contributed by atoms with Crippen LogP contribution in [-0.2, 0) is 16.0 Å². The van der Waals surface area contributed by atoms with Crippen molar-refractivity contribution >= 4 is 29.1 Å². The van der Waals surface area contributed by atoms with Gasteiger partial charge in [-0.2, -0.15) is 0 Å². The molecule has 2 heterocycles. The molecular weight excluding hydrogens is 386 g/mol. The van der Waals surface area contributed by atoms with E-state index in [9.17, 15) is 9.59 Å². The fraction of sp³-hybridized carbons (Fsp3) is 0.391. The topological polar surface area (TPSA) is 52.7 Å². The van der Waals surface area contributed by atoms with Crippen LogP contribution < -0.4 is 5.32 Å². The SMILES string of the molecule is O=C(CN1CCc2ccccc2[C@@H]1C(=O)N1CCCCC1)Nc1ccc(Cl)cc1. The van der Waals surface area contributed by atoms with Crippen molar-refractivity contribution in [2.75, 3.05) is 31.5 Å². The van der Waals surface area contributed by atoms with Gasteiger partial charge in [0, 0.05) is 30.3 Å². The number of benzene rings is 2. The van der Waals surface area contributed by atoms with E-state index in [0.29, 0.717) is 17.3 Å². The van der Waals surface area contributed by atoms with E-state index >= 15 is 0 Å². The summed E-state index contributed by atoms with van der Waals surface area (Å²) in [5.74, 6) is -0.000657. The first-order valence-electron chi connectivity index (χ1n) is 10.3. The van der Waals surface area contributed by atoms with Gasteiger partial charge in [-0.1, -0.05) is 35.9 Å². The summed E-state index contributed by atoms with van der Waals surface area (Å²) in [6.45, 7) is 2.49. The Bertz CT molecular complexity index is 878. The molecule has 0 bridgehead atoms. The number of anilines is 1. The lowest BCUT2D eigenvalue weighted by molar-refractivity contribution is -0.139. The molecule has 1 N–H and O–H groups in total. The van der Waals surface area contributed by atoms with Gasteiger partial charge in [0.15, 0.2) is 0 Å². The maximum absolute atomic E-state index is 13.4. The van der Waals surface area contributed by atoms with Crippen LogP contribution in [0.5, 0.6) is 0 Å². The third-order valence-corrected chi connectivity index (χ3v) is 6.01. The Labute approximate surface area is 176 Å². The van der Waals surface area contributed by atoms with E-state index in [1.54, 1.807) is 24.3 Å². The van der Waals surface area contributed by atoms with Crippen LogP contribution in [0.25, 0.3) is 0 Å². The van der Waals surface area contributed by atoms with Crippen molar-refractivity contribution in [3.8, 4) is 0 Å². The molecule has 2 aromatic carbocycles. The smallest absolute Gasteiger partial charge is 0.244 e.